The minimum atomic E-state index is -0.0810. The molecule has 0 saturated carbocycles. The van der Waals surface area contributed by atoms with Crippen LogP contribution in [0.4, 0.5) is 0 Å². The molecule has 3 heterocycles. The Hall–Kier alpha value is -3.02. The van der Waals surface area contributed by atoms with E-state index in [0.29, 0.717) is 30.2 Å². The Morgan fingerprint density at radius 1 is 1.12 bits per heavy atom. The molecule has 6 heteroatoms. The predicted octanol–water partition coefficient (Wildman–Crippen LogP) is 2.60. The van der Waals surface area contributed by atoms with Gasteiger partial charge in [-0.15, -0.1) is 0 Å². The molecule has 1 amide bonds. The molecule has 0 aliphatic carbocycles. The minimum Gasteiger partial charge on any atom is -0.454 e. The third-order valence-corrected chi connectivity index (χ3v) is 5.23. The van der Waals surface area contributed by atoms with Crippen LogP contribution in [0.2, 0.25) is 0 Å². The summed E-state index contributed by atoms with van der Waals surface area (Å²) in [4.78, 5) is 20.4. The Kier molecular flexibility index (Phi) is 3.38. The summed E-state index contributed by atoms with van der Waals surface area (Å²) in [5, 5.41) is 4.31. The molecule has 5 rings (SSSR count). The minimum absolute atomic E-state index is 0.0227. The van der Waals surface area contributed by atoms with Gasteiger partial charge in [0, 0.05) is 17.7 Å². The van der Waals surface area contributed by atoms with Crippen molar-refractivity contribution in [3.8, 4) is 11.5 Å². The average Bonchev–Trinajstić information content (AvgIpc) is 3.36. The van der Waals surface area contributed by atoms with E-state index in [1.807, 2.05) is 17.0 Å². The number of carbonyl (C=O) groups is 1. The normalized spacial score (nSPS) is 22.8. The van der Waals surface area contributed by atoms with E-state index in [1.54, 1.807) is 18.2 Å². The molecule has 6 nitrogen and oxygen atoms in total. The van der Waals surface area contributed by atoms with Crippen LogP contribution >= 0.6 is 0 Å². The lowest BCUT2D eigenvalue weighted by Gasteiger charge is -2.17. The van der Waals surface area contributed by atoms with E-state index in [1.165, 1.54) is 0 Å². The average molecular weight is 350 g/mol. The molecule has 0 aromatic heterocycles. The summed E-state index contributed by atoms with van der Waals surface area (Å²) in [5.74, 6) is 1.38. The fourth-order valence-electron chi connectivity index (χ4n) is 3.82. The van der Waals surface area contributed by atoms with E-state index >= 15 is 0 Å². The van der Waals surface area contributed by atoms with Gasteiger partial charge in [0.15, 0.2) is 17.6 Å². The summed E-state index contributed by atoms with van der Waals surface area (Å²) in [6, 6.07) is 13.4. The SMILES string of the molecule is Cc1ccccc1C1=NOC2CN(C(=O)c3ccc4c(c3)OCO4)CC12. The Balaban J connectivity index is 1.37. The molecule has 3 aliphatic heterocycles. The van der Waals surface area contributed by atoms with Crippen LogP contribution in [0.5, 0.6) is 11.5 Å². The van der Waals surface area contributed by atoms with E-state index in [9.17, 15) is 4.79 Å². The monoisotopic (exact) mass is 350 g/mol. The maximum atomic E-state index is 12.9. The van der Waals surface area contributed by atoms with Crippen LogP contribution in [-0.4, -0.2) is 42.5 Å². The second kappa shape index (κ2) is 5.76. The lowest BCUT2D eigenvalue weighted by Crippen LogP contribution is -2.30. The van der Waals surface area contributed by atoms with Crippen LogP contribution in [0, 0.1) is 12.8 Å². The molecule has 3 aliphatic rings. The van der Waals surface area contributed by atoms with Gasteiger partial charge in [0.25, 0.3) is 5.91 Å². The molecule has 2 aromatic carbocycles. The van der Waals surface area contributed by atoms with Crippen molar-refractivity contribution in [2.75, 3.05) is 19.9 Å². The van der Waals surface area contributed by atoms with E-state index in [4.69, 9.17) is 14.3 Å². The zero-order valence-corrected chi connectivity index (χ0v) is 14.3. The number of ether oxygens (including phenoxy) is 2. The Morgan fingerprint density at radius 3 is 2.85 bits per heavy atom. The van der Waals surface area contributed by atoms with Crippen LogP contribution in [-0.2, 0) is 4.84 Å². The Morgan fingerprint density at radius 2 is 1.96 bits per heavy atom. The number of nitrogens with zero attached hydrogens (tertiary/aromatic N) is 2. The van der Waals surface area contributed by atoms with Crippen molar-refractivity contribution in [2.24, 2.45) is 11.1 Å². The van der Waals surface area contributed by atoms with Crippen molar-refractivity contribution in [2.45, 2.75) is 13.0 Å². The molecule has 0 bridgehead atoms. The number of likely N-dealkylation sites (tertiary alicyclic amines) is 1. The van der Waals surface area contributed by atoms with Crippen LogP contribution in [0.15, 0.2) is 47.6 Å². The van der Waals surface area contributed by atoms with E-state index in [0.717, 1.165) is 16.8 Å². The molecule has 2 aromatic rings. The van der Waals surface area contributed by atoms with Gasteiger partial charge < -0.3 is 19.2 Å². The first-order valence-corrected chi connectivity index (χ1v) is 8.69. The number of fused-ring (bicyclic) bond motifs is 2. The molecule has 2 atom stereocenters. The van der Waals surface area contributed by atoms with Crippen LogP contribution in [0.25, 0.3) is 0 Å². The predicted molar refractivity (Wildman–Crippen MR) is 94.5 cm³/mol. The molecule has 0 radical (unpaired) electrons. The Bertz CT molecular complexity index is 924. The van der Waals surface area contributed by atoms with Gasteiger partial charge >= 0.3 is 0 Å². The summed E-state index contributed by atoms with van der Waals surface area (Å²) in [7, 11) is 0. The van der Waals surface area contributed by atoms with Crippen LogP contribution in [0.3, 0.4) is 0 Å². The summed E-state index contributed by atoms with van der Waals surface area (Å²) in [5.41, 5.74) is 3.80. The summed E-state index contributed by atoms with van der Waals surface area (Å²) < 4.78 is 10.7. The zero-order chi connectivity index (χ0) is 17.7. The molecule has 0 N–H and O–H groups in total. The highest BCUT2D eigenvalue weighted by molar-refractivity contribution is 6.05. The number of carbonyl (C=O) groups excluding carboxylic acids is 1. The number of aryl methyl sites for hydroxylation is 1. The first kappa shape index (κ1) is 15.3. The number of hydrogen-bond donors (Lipinski definition) is 0. The van der Waals surface area contributed by atoms with E-state index < -0.39 is 0 Å². The van der Waals surface area contributed by atoms with Crippen molar-refractivity contribution in [3.05, 3.63) is 59.2 Å². The van der Waals surface area contributed by atoms with Gasteiger partial charge in [0.2, 0.25) is 6.79 Å². The van der Waals surface area contributed by atoms with Crippen molar-refractivity contribution < 1.29 is 19.1 Å². The lowest BCUT2D eigenvalue weighted by molar-refractivity contribution is 0.0631. The topological polar surface area (TPSA) is 60.4 Å². The number of hydrogen-bond acceptors (Lipinski definition) is 5. The standard InChI is InChI=1S/C20H18N2O4/c1-12-4-2-3-5-14(12)19-15-9-22(10-18(15)26-21-19)20(23)13-6-7-16-17(8-13)25-11-24-16/h2-8,15,18H,9-11H2,1H3. The van der Waals surface area contributed by atoms with Gasteiger partial charge in [0.05, 0.1) is 18.2 Å². The fraction of sp³-hybridized carbons (Fsp3) is 0.300. The van der Waals surface area contributed by atoms with Crippen molar-refractivity contribution in [1.29, 1.82) is 0 Å². The summed E-state index contributed by atoms with van der Waals surface area (Å²) in [6.45, 7) is 3.41. The van der Waals surface area contributed by atoms with Crippen molar-refractivity contribution in [1.82, 2.24) is 4.90 Å². The number of rotatable bonds is 2. The number of amides is 1. The molecule has 26 heavy (non-hydrogen) atoms. The molecular formula is C20H18N2O4. The van der Waals surface area contributed by atoms with Gasteiger partial charge in [-0.25, -0.2) is 0 Å². The highest BCUT2D eigenvalue weighted by atomic mass is 16.7. The number of oxime groups is 1. The fourth-order valence-corrected chi connectivity index (χ4v) is 3.82. The molecule has 1 fully saturated rings. The van der Waals surface area contributed by atoms with Gasteiger partial charge in [-0.1, -0.05) is 29.4 Å². The first-order valence-electron chi connectivity index (χ1n) is 8.69. The lowest BCUT2D eigenvalue weighted by atomic mass is 9.92. The van der Waals surface area contributed by atoms with E-state index in [-0.39, 0.29) is 24.7 Å². The smallest absolute Gasteiger partial charge is 0.254 e. The maximum absolute atomic E-state index is 12.9. The van der Waals surface area contributed by atoms with Crippen LogP contribution in [0.1, 0.15) is 21.5 Å². The van der Waals surface area contributed by atoms with Gasteiger partial charge in [-0.05, 0) is 30.7 Å². The van der Waals surface area contributed by atoms with E-state index in [2.05, 4.69) is 24.2 Å². The third kappa shape index (κ3) is 2.33. The summed E-state index contributed by atoms with van der Waals surface area (Å²) >= 11 is 0. The van der Waals surface area contributed by atoms with Crippen molar-refractivity contribution >= 4 is 11.6 Å². The Labute approximate surface area is 151 Å². The summed E-state index contributed by atoms with van der Waals surface area (Å²) in [6.07, 6.45) is -0.0810. The van der Waals surface area contributed by atoms with Gasteiger partial charge in [0.1, 0.15) is 0 Å². The third-order valence-electron chi connectivity index (χ3n) is 5.23. The molecule has 0 spiro atoms. The largest absolute Gasteiger partial charge is 0.454 e. The highest BCUT2D eigenvalue weighted by Crippen LogP contribution is 2.35. The first-order chi connectivity index (χ1) is 12.7. The second-order valence-electron chi connectivity index (χ2n) is 6.82. The molecular weight excluding hydrogens is 332 g/mol. The molecule has 132 valence electrons. The maximum Gasteiger partial charge on any atom is 0.254 e. The zero-order valence-electron chi connectivity index (χ0n) is 14.3. The van der Waals surface area contributed by atoms with Gasteiger partial charge in [-0.2, -0.15) is 0 Å². The van der Waals surface area contributed by atoms with Gasteiger partial charge in [-0.3, -0.25) is 4.79 Å². The second-order valence-corrected chi connectivity index (χ2v) is 6.82. The van der Waals surface area contributed by atoms with Crippen LogP contribution < -0.4 is 9.47 Å². The number of benzene rings is 2. The molecule has 2 unspecified atom stereocenters. The quantitative estimate of drug-likeness (QED) is 0.835. The van der Waals surface area contributed by atoms with Crippen molar-refractivity contribution in [3.63, 3.8) is 0 Å². The highest BCUT2D eigenvalue weighted by Gasteiger charge is 2.44. The molecule has 1 saturated heterocycles.